The van der Waals surface area contributed by atoms with Gasteiger partial charge in [0, 0.05) is 12.5 Å². The van der Waals surface area contributed by atoms with Crippen LogP contribution >= 0.6 is 23.2 Å². The number of nitrogens with one attached hydrogen (secondary N) is 1. The molecule has 1 aromatic heterocycles. The molecule has 8 nitrogen and oxygen atoms in total. The Hall–Kier alpha value is -1.37. The van der Waals surface area contributed by atoms with E-state index in [9.17, 15) is 14.7 Å². The maximum absolute atomic E-state index is 11.9. The molecule has 1 aliphatic heterocycles. The van der Waals surface area contributed by atoms with E-state index in [2.05, 4.69) is 16.3 Å². The van der Waals surface area contributed by atoms with Crippen molar-refractivity contribution in [3.8, 4) is 11.3 Å². The maximum atomic E-state index is 11.9. The minimum Gasteiger partial charge on any atom is -0.391 e. The SMILES string of the molecule is CO[C@H]1[C@@H]([C@H](C)O)O[C@@H](n2cnc(=O)[nH]c2=O)C1(Cl)C#CCl. The predicted octanol–water partition coefficient (Wildman–Crippen LogP) is -0.598. The van der Waals surface area contributed by atoms with Crippen LogP contribution in [0.3, 0.4) is 0 Å². The number of aliphatic hydroxyl groups is 1. The molecule has 2 heterocycles. The lowest BCUT2D eigenvalue weighted by molar-refractivity contribution is -0.0840. The Labute approximate surface area is 135 Å². The summed E-state index contributed by atoms with van der Waals surface area (Å²) in [6, 6.07) is 0. The van der Waals surface area contributed by atoms with E-state index in [4.69, 9.17) is 32.7 Å². The lowest BCUT2D eigenvalue weighted by atomic mass is 9.97. The number of aliphatic hydroxyl groups excluding tert-OH is 1. The molecule has 0 aliphatic carbocycles. The average Bonchev–Trinajstić information content (AvgIpc) is 2.72. The number of ether oxygens (including phenoxy) is 2. The van der Waals surface area contributed by atoms with Crippen LogP contribution < -0.4 is 11.4 Å². The first-order chi connectivity index (χ1) is 10.3. The Morgan fingerprint density at radius 1 is 1.64 bits per heavy atom. The first-order valence-corrected chi connectivity index (χ1v) is 6.96. The molecule has 0 spiro atoms. The molecular formula is C12H13Cl2N3O5. The second-order valence-corrected chi connectivity index (χ2v) is 5.54. The highest BCUT2D eigenvalue weighted by atomic mass is 35.5. The first-order valence-electron chi connectivity index (χ1n) is 6.20. The van der Waals surface area contributed by atoms with E-state index in [1.807, 2.05) is 4.98 Å². The standard InChI is InChI=1S/C12H13Cl2N3O5/c1-6(18)7-8(21-2)12(14,3-4-13)9(22-7)17-5-15-10(19)16-11(17)20/h5-9,18H,1-2H3,(H,16,19,20)/t6-,7+,8-,9+,12?/m0/s1. The van der Waals surface area contributed by atoms with Crippen LogP contribution in [0.1, 0.15) is 13.2 Å². The fraction of sp³-hybridized carbons (Fsp3) is 0.583. The van der Waals surface area contributed by atoms with E-state index in [0.717, 1.165) is 10.9 Å². The van der Waals surface area contributed by atoms with Crippen LogP contribution in [0.2, 0.25) is 0 Å². The van der Waals surface area contributed by atoms with Crippen molar-refractivity contribution in [1.29, 1.82) is 0 Å². The highest BCUT2D eigenvalue weighted by Crippen LogP contribution is 2.44. The molecular weight excluding hydrogens is 337 g/mol. The molecule has 22 heavy (non-hydrogen) atoms. The van der Waals surface area contributed by atoms with Gasteiger partial charge in [0.25, 0.3) is 0 Å². The minimum atomic E-state index is -1.55. The summed E-state index contributed by atoms with van der Waals surface area (Å²) in [5.74, 6) is 2.54. The van der Waals surface area contributed by atoms with Crippen LogP contribution in [0.5, 0.6) is 0 Å². The quantitative estimate of drug-likeness (QED) is 0.557. The predicted molar refractivity (Wildman–Crippen MR) is 77.7 cm³/mol. The lowest BCUT2D eigenvalue weighted by Crippen LogP contribution is -2.46. The van der Waals surface area contributed by atoms with Crippen LogP contribution in [0, 0.1) is 11.3 Å². The van der Waals surface area contributed by atoms with Gasteiger partial charge in [-0.05, 0) is 18.5 Å². The van der Waals surface area contributed by atoms with E-state index in [0.29, 0.717) is 0 Å². The normalized spacial score (nSPS) is 32.3. The van der Waals surface area contributed by atoms with Gasteiger partial charge in [-0.3, -0.25) is 9.55 Å². The van der Waals surface area contributed by atoms with Gasteiger partial charge in [0.05, 0.1) is 6.10 Å². The monoisotopic (exact) mass is 349 g/mol. The minimum absolute atomic E-state index is 0.785. The zero-order valence-electron chi connectivity index (χ0n) is 11.6. The van der Waals surface area contributed by atoms with Gasteiger partial charge in [-0.25, -0.2) is 9.59 Å². The number of hydrogen-bond donors (Lipinski definition) is 2. The molecule has 0 bridgehead atoms. The zero-order chi connectivity index (χ0) is 16.5. The number of methoxy groups -OCH3 is 1. The molecule has 1 aromatic rings. The van der Waals surface area contributed by atoms with Crippen LogP contribution in [0.25, 0.3) is 0 Å². The molecule has 120 valence electrons. The molecule has 1 fully saturated rings. The molecule has 1 saturated heterocycles. The highest BCUT2D eigenvalue weighted by Gasteiger charge is 2.58. The third-order valence-electron chi connectivity index (χ3n) is 3.33. The van der Waals surface area contributed by atoms with Gasteiger partial charge < -0.3 is 14.6 Å². The Morgan fingerprint density at radius 2 is 2.32 bits per heavy atom. The molecule has 1 unspecified atom stereocenters. The molecule has 0 saturated carbocycles. The fourth-order valence-corrected chi connectivity index (χ4v) is 2.99. The first kappa shape index (κ1) is 17.0. The Balaban J connectivity index is 2.59. The van der Waals surface area contributed by atoms with Gasteiger partial charge in [0.15, 0.2) is 11.1 Å². The van der Waals surface area contributed by atoms with Crippen LogP contribution in [0.4, 0.5) is 0 Å². The summed E-state index contributed by atoms with van der Waals surface area (Å²) < 4.78 is 11.9. The van der Waals surface area contributed by atoms with E-state index in [-0.39, 0.29) is 0 Å². The third kappa shape index (κ3) is 2.78. The number of aromatic nitrogens is 3. The van der Waals surface area contributed by atoms with E-state index >= 15 is 0 Å². The summed E-state index contributed by atoms with van der Waals surface area (Å²) in [5, 5.41) is 12.0. The Morgan fingerprint density at radius 3 is 2.82 bits per heavy atom. The smallest absolute Gasteiger partial charge is 0.350 e. The number of rotatable bonds is 3. The largest absolute Gasteiger partial charge is 0.391 e. The molecule has 1 aliphatic rings. The second kappa shape index (κ2) is 6.40. The van der Waals surface area contributed by atoms with Crippen molar-refractivity contribution in [3.05, 3.63) is 27.3 Å². The van der Waals surface area contributed by atoms with Crippen LogP contribution in [-0.4, -0.2) is 49.9 Å². The van der Waals surface area contributed by atoms with E-state index in [1.54, 1.807) is 0 Å². The summed E-state index contributed by atoms with van der Waals surface area (Å²) in [6.45, 7) is 1.48. The zero-order valence-corrected chi connectivity index (χ0v) is 13.1. The van der Waals surface area contributed by atoms with Crippen molar-refractivity contribution in [3.63, 3.8) is 0 Å². The number of hydrogen-bond acceptors (Lipinski definition) is 6. The van der Waals surface area contributed by atoms with E-state index < -0.39 is 40.8 Å². The summed E-state index contributed by atoms with van der Waals surface area (Å²) in [6.07, 6.45) is -2.86. The number of halogens is 2. The topological polar surface area (TPSA) is 106 Å². The molecule has 0 aromatic carbocycles. The van der Waals surface area contributed by atoms with Gasteiger partial charge in [-0.2, -0.15) is 4.98 Å². The van der Waals surface area contributed by atoms with Gasteiger partial charge in [0.1, 0.15) is 18.5 Å². The third-order valence-corrected chi connectivity index (χ3v) is 3.92. The van der Waals surface area contributed by atoms with Gasteiger partial charge in [-0.15, -0.1) is 0 Å². The van der Waals surface area contributed by atoms with Crippen molar-refractivity contribution in [2.24, 2.45) is 0 Å². The molecule has 5 atom stereocenters. The average molecular weight is 350 g/mol. The second-order valence-electron chi connectivity index (χ2n) is 4.72. The molecule has 2 N–H and O–H groups in total. The van der Waals surface area contributed by atoms with E-state index in [1.165, 1.54) is 14.0 Å². The molecule has 0 amide bonds. The maximum Gasteiger partial charge on any atom is 0.350 e. The van der Waals surface area contributed by atoms with Crippen molar-refractivity contribution >= 4 is 23.2 Å². The number of alkyl halides is 1. The summed E-state index contributed by atoms with van der Waals surface area (Å²) in [4.78, 5) is 26.9. The Kier molecular flexibility index (Phi) is 4.94. The van der Waals surface area contributed by atoms with Crippen molar-refractivity contribution in [2.75, 3.05) is 7.11 Å². The summed E-state index contributed by atoms with van der Waals surface area (Å²) >= 11 is 11.9. The van der Waals surface area contributed by atoms with Gasteiger partial charge in [0.2, 0.25) is 0 Å². The van der Waals surface area contributed by atoms with Gasteiger partial charge in [-0.1, -0.05) is 17.5 Å². The fourth-order valence-electron chi connectivity index (χ4n) is 2.37. The Bertz CT molecular complexity index is 722. The van der Waals surface area contributed by atoms with Crippen molar-refractivity contribution < 1.29 is 14.6 Å². The van der Waals surface area contributed by atoms with Crippen molar-refractivity contribution in [1.82, 2.24) is 14.5 Å². The van der Waals surface area contributed by atoms with Gasteiger partial charge >= 0.3 is 11.4 Å². The molecule has 0 radical (unpaired) electrons. The lowest BCUT2D eigenvalue weighted by Gasteiger charge is -2.27. The molecule has 10 heteroatoms. The van der Waals surface area contributed by atoms with Crippen LogP contribution in [-0.2, 0) is 9.47 Å². The molecule has 2 rings (SSSR count). The number of aromatic amines is 1. The summed E-state index contributed by atoms with van der Waals surface area (Å²) in [5.41, 5.74) is -1.59. The highest BCUT2D eigenvalue weighted by molar-refractivity contribution is 6.32. The number of H-pyrrole nitrogens is 1. The van der Waals surface area contributed by atoms with Crippen molar-refractivity contribution in [2.45, 2.75) is 36.3 Å². The van der Waals surface area contributed by atoms with Crippen LogP contribution in [0.15, 0.2) is 15.9 Å². The summed E-state index contributed by atoms with van der Waals surface area (Å²) in [7, 11) is 1.37. The number of nitrogens with zero attached hydrogens (tertiary/aromatic N) is 2.